The Morgan fingerprint density at radius 3 is 2.59 bits per heavy atom. The predicted molar refractivity (Wildman–Crippen MR) is 96.4 cm³/mol. The Hall–Kier alpha value is -3.29. The van der Waals surface area contributed by atoms with Crippen molar-refractivity contribution >= 4 is 16.8 Å². The molecule has 1 amide bonds. The third kappa shape index (κ3) is 3.51. The Bertz CT molecular complexity index is 1140. The Morgan fingerprint density at radius 1 is 1.19 bits per heavy atom. The highest BCUT2D eigenvalue weighted by Crippen LogP contribution is 2.22. The average molecular weight is 373 g/mol. The smallest absolute Gasteiger partial charge is 0.329 e. The van der Waals surface area contributed by atoms with Gasteiger partial charge in [-0.15, -0.1) is 0 Å². The fraction of sp³-hybridized carbons (Fsp3) is 0.211. The van der Waals surface area contributed by atoms with E-state index in [9.17, 15) is 23.2 Å². The summed E-state index contributed by atoms with van der Waals surface area (Å²) in [6.45, 7) is 1.07. The van der Waals surface area contributed by atoms with Crippen LogP contribution in [0.2, 0.25) is 0 Å². The van der Waals surface area contributed by atoms with Gasteiger partial charge in [0.25, 0.3) is 5.56 Å². The van der Waals surface area contributed by atoms with Crippen molar-refractivity contribution in [1.82, 2.24) is 14.5 Å². The first-order valence-electron chi connectivity index (χ1n) is 8.22. The standard InChI is InChI=1S/C19H17F2N3O3/c1-11(13-8-7-12(20)9-15(13)21)23(2)17(25)10-24-18(26)14-5-3-4-6-16(14)22-19(24)27/h3-9,11H,10H2,1-2H3,(H,22,27). The van der Waals surface area contributed by atoms with Gasteiger partial charge in [-0.2, -0.15) is 0 Å². The number of halogens is 2. The van der Waals surface area contributed by atoms with Crippen LogP contribution in [0.1, 0.15) is 18.5 Å². The second-order valence-corrected chi connectivity index (χ2v) is 6.21. The van der Waals surface area contributed by atoms with Crippen LogP contribution in [0.3, 0.4) is 0 Å². The number of H-pyrrole nitrogens is 1. The molecule has 1 heterocycles. The Kier molecular flexibility index (Phi) is 4.89. The number of carbonyl (C=O) groups is 1. The van der Waals surface area contributed by atoms with Crippen LogP contribution in [0.15, 0.2) is 52.1 Å². The minimum Gasteiger partial charge on any atom is -0.337 e. The zero-order valence-corrected chi connectivity index (χ0v) is 14.7. The van der Waals surface area contributed by atoms with Crippen LogP contribution in [0.4, 0.5) is 8.78 Å². The van der Waals surface area contributed by atoms with Crippen LogP contribution in [0, 0.1) is 11.6 Å². The number of amides is 1. The number of aromatic amines is 1. The normalized spacial score (nSPS) is 12.1. The van der Waals surface area contributed by atoms with Crippen molar-refractivity contribution in [3.05, 3.63) is 80.5 Å². The minimum atomic E-state index is -0.775. The van der Waals surface area contributed by atoms with Crippen LogP contribution >= 0.6 is 0 Å². The number of aromatic nitrogens is 2. The number of likely N-dealkylation sites (N-methyl/N-ethyl adjacent to an activating group) is 1. The molecule has 0 aliphatic heterocycles. The number of hydrogen-bond acceptors (Lipinski definition) is 3. The van der Waals surface area contributed by atoms with Crippen molar-refractivity contribution in [2.45, 2.75) is 19.5 Å². The van der Waals surface area contributed by atoms with Gasteiger partial charge >= 0.3 is 5.69 Å². The fourth-order valence-corrected chi connectivity index (χ4v) is 2.85. The molecule has 0 aliphatic rings. The molecule has 0 fully saturated rings. The summed E-state index contributed by atoms with van der Waals surface area (Å²) in [6.07, 6.45) is 0. The van der Waals surface area contributed by atoms with Gasteiger partial charge in [-0.3, -0.25) is 14.2 Å². The molecule has 8 heteroatoms. The molecule has 0 spiro atoms. The molecule has 1 N–H and O–H groups in total. The van der Waals surface area contributed by atoms with Crippen molar-refractivity contribution in [1.29, 1.82) is 0 Å². The molecule has 27 heavy (non-hydrogen) atoms. The molecule has 1 aromatic heterocycles. The number of benzene rings is 2. The number of hydrogen-bond donors (Lipinski definition) is 1. The van der Waals surface area contributed by atoms with E-state index in [1.165, 1.54) is 18.0 Å². The summed E-state index contributed by atoms with van der Waals surface area (Å²) in [4.78, 5) is 41.0. The van der Waals surface area contributed by atoms with Crippen LogP contribution in [0.5, 0.6) is 0 Å². The molecule has 3 rings (SSSR count). The maximum atomic E-state index is 14.0. The van der Waals surface area contributed by atoms with Gasteiger partial charge in [0.15, 0.2) is 0 Å². The summed E-state index contributed by atoms with van der Waals surface area (Å²) < 4.78 is 27.8. The molecule has 1 unspecified atom stereocenters. The third-order valence-electron chi connectivity index (χ3n) is 4.57. The maximum absolute atomic E-state index is 14.0. The van der Waals surface area contributed by atoms with E-state index in [-0.39, 0.29) is 10.9 Å². The first kappa shape index (κ1) is 18.5. The Morgan fingerprint density at radius 2 is 1.89 bits per heavy atom. The SMILES string of the molecule is CC(c1ccc(F)cc1F)N(C)C(=O)Cn1c(=O)[nH]c2ccccc2c1=O. The molecular formula is C19H17F2N3O3. The lowest BCUT2D eigenvalue weighted by molar-refractivity contribution is -0.132. The number of nitrogens with one attached hydrogen (secondary N) is 1. The zero-order valence-electron chi connectivity index (χ0n) is 14.7. The molecule has 0 bridgehead atoms. The van der Waals surface area contributed by atoms with Crippen LogP contribution in [-0.4, -0.2) is 27.4 Å². The molecule has 0 aliphatic carbocycles. The van der Waals surface area contributed by atoms with Gasteiger partial charge in [0.05, 0.1) is 16.9 Å². The molecule has 140 valence electrons. The highest BCUT2D eigenvalue weighted by Gasteiger charge is 2.22. The van der Waals surface area contributed by atoms with Gasteiger partial charge in [0, 0.05) is 18.7 Å². The minimum absolute atomic E-state index is 0.131. The van der Waals surface area contributed by atoms with E-state index in [1.54, 1.807) is 31.2 Å². The van der Waals surface area contributed by atoms with Crippen molar-refractivity contribution in [2.75, 3.05) is 7.05 Å². The van der Waals surface area contributed by atoms with Crippen molar-refractivity contribution in [3.63, 3.8) is 0 Å². The molecule has 2 aromatic carbocycles. The second-order valence-electron chi connectivity index (χ2n) is 6.21. The molecule has 3 aromatic rings. The number of fused-ring (bicyclic) bond motifs is 1. The molecule has 0 saturated heterocycles. The van der Waals surface area contributed by atoms with Gasteiger partial charge in [0.2, 0.25) is 5.91 Å². The second kappa shape index (κ2) is 7.14. The number of rotatable bonds is 4. The highest BCUT2D eigenvalue weighted by molar-refractivity contribution is 5.79. The molecule has 1 atom stereocenters. The van der Waals surface area contributed by atoms with Gasteiger partial charge < -0.3 is 9.88 Å². The molecule has 0 saturated carbocycles. The number of carbonyl (C=O) groups excluding carboxylic acids is 1. The van der Waals surface area contributed by atoms with Crippen LogP contribution in [0.25, 0.3) is 10.9 Å². The van der Waals surface area contributed by atoms with Crippen LogP contribution in [-0.2, 0) is 11.3 Å². The summed E-state index contributed by atoms with van der Waals surface area (Å²) in [7, 11) is 1.43. The highest BCUT2D eigenvalue weighted by atomic mass is 19.1. The average Bonchev–Trinajstić information content (AvgIpc) is 2.64. The number of nitrogens with zero attached hydrogens (tertiary/aromatic N) is 2. The van der Waals surface area contributed by atoms with E-state index < -0.39 is 41.4 Å². The summed E-state index contributed by atoms with van der Waals surface area (Å²) in [5.41, 5.74) is -0.781. The quantitative estimate of drug-likeness (QED) is 0.762. The molecular weight excluding hydrogens is 356 g/mol. The summed E-state index contributed by atoms with van der Waals surface area (Å²) in [5.74, 6) is -2.05. The van der Waals surface area contributed by atoms with Gasteiger partial charge in [0.1, 0.15) is 18.2 Å². The van der Waals surface area contributed by atoms with E-state index in [1.807, 2.05) is 0 Å². The van der Waals surface area contributed by atoms with Gasteiger partial charge in [-0.25, -0.2) is 13.6 Å². The van der Waals surface area contributed by atoms with E-state index >= 15 is 0 Å². The van der Waals surface area contributed by atoms with E-state index in [0.717, 1.165) is 16.7 Å². The lowest BCUT2D eigenvalue weighted by atomic mass is 10.1. The largest absolute Gasteiger partial charge is 0.337 e. The number of para-hydroxylation sites is 1. The summed E-state index contributed by atoms with van der Waals surface area (Å²) in [6, 6.07) is 8.86. The predicted octanol–water partition coefficient (Wildman–Crippen LogP) is 2.19. The summed E-state index contributed by atoms with van der Waals surface area (Å²) >= 11 is 0. The Balaban J connectivity index is 1.90. The van der Waals surface area contributed by atoms with Crippen molar-refractivity contribution < 1.29 is 13.6 Å². The third-order valence-corrected chi connectivity index (χ3v) is 4.57. The van der Waals surface area contributed by atoms with Gasteiger partial charge in [-0.05, 0) is 25.1 Å². The van der Waals surface area contributed by atoms with Crippen molar-refractivity contribution in [3.8, 4) is 0 Å². The summed E-state index contributed by atoms with van der Waals surface area (Å²) in [5, 5.41) is 0.283. The topological polar surface area (TPSA) is 75.2 Å². The van der Waals surface area contributed by atoms with E-state index in [0.29, 0.717) is 5.52 Å². The first-order valence-corrected chi connectivity index (χ1v) is 8.22. The van der Waals surface area contributed by atoms with Crippen LogP contribution < -0.4 is 11.2 Å². The fourth-order valence-electron chi connectivity index (χ4n) is 2.85. The lowest BCUT2D eigenvalue weighted by Crippen LogP contribution is -2.41. The molecule has 6 nitrogen and oxygen atoms in total. The van der Waals surface area contributed by atoms with Gasteiger partial charge in [-0.1, -0.05) is 18.2 Å². The molecule has 0 radical (unpaired) electrons. The zero-order chi connectivity index (χ0) is 19.7. The first-order chi connectivity index (χ1) is 12.8. The lowest BCUT2D eigenvalue weighted by Gasteiger charge is -2.26. The Labute approximate surface area is 152 Å². The monoisotopic (exact) mass is 373 g/mol. The van der Waals surface area contributed by atoms with E-state index in [2.05, 4.69) is 4.98 Å². The van der Waals surface area contributed by atoms with Crippen molar-refractivity contribution in [2.24, 2.45) is 0 Å². The maximum Gasteiger partial charge on any atom is 0.329 e. The van der Waals surface area contributed by atoms with E-state index in [4.69, 9.17) is 0 Å².